The smallest absolute Gasteiger partial charge is 0.228 e. The van der Waals surface area contributed by atoms with Gasteiger partial charge in [-0.25, -0.2) is 4.39 Å². The first kappa shape index (κ1) is 15.7. The number of methoxy groups -OCH3 is 1. The monoisotopic (exact) mass is 296 g/mol. The van der Waals surface area contributed by atoms with Crippen LogP contribution in [0, 0.1) is 11.7 Å². The lowest BCUT2D eigenvalue weighted by Gasteiger charge is -2.22. The Labute approximate surface area is 123 Å². The van der Waals surface area contributed by atoms with Gasteiger partial charge < -0.3 is 20.1 Å². The van der Waals surface area contributed by atoms with Gasteiger partial charge in [0.15, 0.2) is 0 Å². The summed E-state index contributed by atoms with van der Waals surface area (Å²) in [5.41, 5.74) is 0.363. The molecule has 2 N–H and O–H groups in total. The van der Waals surface area contributed by atoms with Gasteiger partial charge in [0.05, 0.1) is 18.2 Å². The molecular weight excluding hydrogens is 275 g/mol. The van der Waals surface area contributed by atoms with Crippen molar-refractivity contribution in [2.24, 2.45) is 5.92 Å². The predicted molar refractivity (Wildman–Crippen MR) is 78.0 cm³/mol. The van der Waals surface area contributed by atoms with E-state index in [4.69, 9.17) is 9.47 Å². The molecule has 116 valence electrons. The lowest BCUT2D eigenvalue weighted by Crippen LogP contribution is -2.37. The second-order valence-electron chi connectivity index (χ2n) is 5.01. The summed E-state index contributed by atoms with van der Waals surface area (Å²) in [6.45, 7) is 2.36. The quantitative estimate of drug-likeness (QED) is 0.786. The van der Waals surface area contributed by atoms with E-state index in [2.05, 4.69) is 10.6 Å². The maximum absolute atomic E-state index is 13.4. The largest absolute Gasteiger partial charge is 0.489 e. The van der Waals surface area contributed by atoms with Crippen LogP contribution in [-0.4, -0.2) is 39.3 Å². The Morgan fingerprint density at radius 1 is 1.48 bits per heavy atom. The maximum atomic E-state index is 13.4. The second kappa shape index (κ2) is 7.95. The van der Waals surface area contributed by atoms with Crippen LogP contribution in [0.3, 0.4) is 0 Å². The van der Waals surface area contributed by atoms with Crippen molar-refractivity contribution in [1.29, 1.82) is 0 Å². The standard InChI is InChI=1S/C15H21FN2O3/c1-20-7-8-21-14-5-4-12(16)9-13(14)18-15(19)11-3-2-6-17-10-11/h4-5,9,11,17H,2-3,6-8,10H2,1H3,(H,18,19). The first-order valence-electron chi connectivity index (χ1n) is 7.13. The summed E-state index contributed by atoms with van der Waals surface area (Å²) >= 11 is 0. The van der Waals surface area contributed by atoms with Gasteiger partial charge >= 0.3 is 0 Å². The number of piperidine rings is 1. The summed E-state index contributed by atoms with van der Waals surface area (Å²) in [6.07, 6.45) is 1.81. The molecule has 1 amide bonds. The van der Waals surface area contributed by atoms with Crippen LogP contribution in [0.2, 0.25) is 0 Å². The summed E-state index contributed by atoms with van der Waals surface area (Å²) < 4.78 is 23.8. The Bertz CT molecular complexity index is 476. The number of anilines is 1. The normalized spacial score (nSPS) is 18.3. The lowest BCUT2D eigenvalue weighted by molar-refractivity contribution is -0.120. The van der Waals surface area contributed by atoms with Gasteiger partial charge in [0.25, 0.3) is 0 Å². The molecule has 1 aromatic rings. The van der Waals surface area contributed by atoms with Gasteiger partial charge in [-0.05, 0) is 31.5 Å². The number of hydrogen-bond acceptors (Lipinski definition) is 4. The molecule has 1 aliphatic heterocycles. The number of hydrogen-bond donors (Lipinski definition) is 2. The van der Waals surface area contributed by atoms with Crippen molar-refractivity contribution in [3.63, 3.8) is 0 Å². The average molecular weight is 296 g/mol. The van der Waals surface area contributed by atoms with Gasteiger partial charge in [-0.15, -0.1) is 0 Å². The van der Waals surface area contributed by atoms with Crippen LogP contribution >= 0.6 is 0 Å². The number of carbonyl (C=O) groups is 1. The molecule has 0 aromatic heterocycles. The minimum absolute atomic E-state index is 0.0890. The predicted octanol–water partition coefficient (Wildman–Crippen LogP) is 1.79. The van der Waals surface area contributed by atoms with Crippen molar-refractivity contribution in [3.05, 3.63) is 24.0 Å². The number of halogens is 1. The third kappa shape index (κ3) is 4.68. The van der Waals surface area contributed by atoms with E-state index in [1.165, 1.54) is 18.2 Å². The highest BCUT2D eigenvalue weighted by Crippen LogP contribution is 2.26. The molecule has 1 fully saturated rings. The molecule has 0 saturated carbocycles. The van der Waals surface area contributed by atoms with E-state index in [-0.39, 0.29) is 11.8 Å². The van der Waals surface area contributed by atoms with Crippen molar-refractivity contribution in [1.82, 2.24) is 5.32 Å². The molecule has 0 spiro atoms. The van der Waals surface area contributed by atoms with E-state index in [0.29, 0.717) is 31.2 Å². The molecule has 6 heteroatoms. The van der Waals surface area contributed by atoms with E-state index in [1.807, 2.05) is 0 Å². The first-order chi connectivity index (χ1) is 10.2. The third-order valence-electron chi connectivity index (χ3n) is 3.41. The molecule has 0 radical (unpaired) electrons. The number of benzene rings is 1. The zero-order valence-electron chi connectivity index (χ0n) is 12.2. The number of amides is 1. The second-order valence-corrected chi connectivity index (χ2v) is 5.01. The number of carbonyl (C=O) groups excluding carboxylic acids is 1. The van der Waals surface area contributed by atoms with Crippen molar-refractivity contribution in [2.75, 3.05) is 38.7 Å². The Morgan fingerprint density at radius 2 is 2.33 bits per heavy atom. The fourth-order valence-electron chi connectivity index (χ4n) is 2.27. The van der Waals surface area contributed by atoms with Gasteiger partial charge in [0.2, 0.25) is 5.91 Å². The zero-order chi connectivity index (χ0) is 15.1. The molecule has 1 aliphatic rings. The lowest BCUT2D eigenvalue weighted by atomic mass is 9.99. The first-order valence-corrected chi connectivity index (χ1v) is 7.13. The van der Waals surface area contributed by atoms with Crippen LogP contribution in [0.1, 0.15) is 12.8 Å². The molecule has 1 aromatic carbocycles. The Hall–Kier alpha value is -1.66. The van der Waals surface area contributed by atoms with Crippen molar-refractivity contribution < 1.29 is 18.7 Å². The Kier molecular flexibility index (Phi) is 5.95. The van der Waals surface area contributed by atoms with E-state index in [9.17, 15) is 9.18 Å². The van der Waals surface area contributed by atoms with Crippen LogP contribution in [0.4, 0.5) is 10.1 Å². The van der Waals surface area contributed by atoms with Gasteiger partial charge in [0.1, 0.15) is 18.2 Å². The minimum atomic E-state index is -0.411. The molecule has 5 nitrogen and oxygen atoms in total. The highest BCUT2D eigenvalue weighted by atomic mass is 19.1. The summed E-state index contributed by atoms with van der Waals surface area (Å²) in [7, 11) is 1.58. The highest BCUT2D eigenvalue weighted by Gasteiger charge is 2.22. The molecule has 21 heavy (non-hydrogen) atoms. The van der Waals surface area contributed by atoms with Gasteiger partial charge in [0, 0.05) is 19.7 Å². The van der Waals surface area contributed by atoms with Crippen LogP contribution < -0.4 is 15.4 Å². The summed E-state index contributed by atoms with van der Waals surface area (Å²) in [4.78, 5) is 12.2. The third-order valence-corrected chi connectivity index (χ3v) is 3.41. The van der Waals surface area contributed by atoms with Crippen LogP contribution in [-0.2, 0) is 9.53 Å². The molecule has 1 atom stereocenters. The van der Waals surface area contributed by atoms with E-state index < -0.39 is 5.82 Å². The Balaban J connectivity index is 2.02. The fraction of sp³-hybridized carbons (Fsp3) is 0.533. The Morgan fingerprint density at radius 3 is 3.05 bits per heavy atom. The van der Waals surface area contributed by atoms with E-state index in [0.717, 1.165) is 19.4 Å². The average Bonchev–Trinajstić information content (AvgIpc) is 2.50. The summed E-state index contributed by atoms with van der Waals surface area (Å²) in [6, 6.07) is 4.09. The fourth-order valence-corrected chi connectivity index (χ4v) is 2.27. The molecule has 1 unspecified atom stereocenters. The van der Waals surface area contributed by atoms with Crippen LogP contribution in [0.5, 0.6) is 5.75 Å². The highest BCUT2D eigenvalue weighted by molar-refractivity contribution is 5.94. The number of rotatable bonds is 6. The van der Waals surface area contributed by atoms with Gasteiger partial charge in [-0.1, -0.05) is 0 Å². The van der Waals surface area contributed by atoms with Crippen molar-refractivity contribution in [2.45, 2.75) is 12.8 Å². The summed E-state index contributed by atoms with van der Waals surface area (Å²) in [5, 5.41) is 5.95. The van der Waals surface area contributed by atoms with Crippen LogP contribution in [0.15, 0.2) is 18.2 Å². The maximum Gasteiger partial charge on any atom is 0.228 e. The summed E-state index contributed by atoms with van der Waals surface area (Å²) in [5.74, 6) is -0.157. The molecule has 0 aliphatic carbocycles. The van der Waals surface area contributed by atoms with E-state index in [1.54, 1.807) is 7.11 Å². The molecule has 2 rings (SSSR count). The van der Waals surface area contributed by atoms with Gasteiger partial charge in [-0.2, -0.15) is 0 Å². The van der Waals surface area contributed by atoms with Crippen molar-refractivity contribution in [3.8, 4) is 5.75 Å². The minimum Gasteiger partial charge on any atom is -0.489 e. The van der Waals surface area contributed by atoms with Gasteiger partial charge in [-0.3, -0.25) is 4.79 Å². The van der Waals surface area contributed by atoms with Crippen molar-refractivity contribution >= 4 is 11.6 Å². The molecule has 1 heterocycles. The number of ether oxygens (including phenoxy) is 2. The van der Waals surface area contributed by atoms with E-state index >= 15 is 0 Å². The van der Waals surface area contributed by atoms with Crippen LogP contribution in [0.25, 0.3) is 0 Å². The molecule has 1 saturated heterocycles. The molecule has 0 bridgehead atoms. The topological polar surface area (TPSA) is 59.6 Å². The SMILES string of the molecule is COCCOc1ccc(F)cc1NC(=O)C1CCCNC1. The molecular formula is C15H21FN2O3. The number of nitrogens with one attached hydrogen (secondary N) is 2. The zero-order valence-corrected chi connectivity index (χ0v) is 12.2.